The number of aromatic nitrogens is 1. The Bertz CT molecular complexity index is 548. The van der Waals surface area contributed by atoms with Gasteiger partial charge in [0, 0.05) is 10.4 Å². The zero-order valence-corrected chi connectivity index (χ0v) is 9.80. The number of hydrogen-bond acceptors (Lipinski definition) is 4. The van der Waals surface area contributed by atoms with Gasteiger partial charge in [-0.3, -0.25) is 0 Å². The summed E-state index contributed by atoms with van der Waals surface area (Å²) < 4.78 is 5.40. The Morgan fingerprint density at radius 2 is 2.12 bits per heavy atom. The molecule has 0 aliphatic carbocycles. The quantitative estimate of drug-likeness (QED) is 0.822. The molecule has 16 heavy (non-hydrogen) atoms. The van der Waals surface area contributed by atoms with Gasteiger partial charge in [-0.25, -0.2) is 4.98 Å². The zero-order chi connectivity index (χ0) is 11.1. The van der Waals surface area contributed by atoms with E-state index in [0.29, 0.717) is 11.7 Å². The number of anilines is 1. The molecule has 0 fully saturated rings. The van der Waals surface area contributed by atoms with Crippen LogP contribution in [0.3, 0.4) is 0 Å². The minimum atomic E-state index is 0.629. The lowest BCUT2D eigenvalue weighted by Gasteiger charge is -2.01. The second kappa shape index (κ2) is 3.57. The van der Waals surface area contributed by atoms with Crippen LogP contribution in [0.2, 0.25) is 0 Å². The zero-order valence-electron chi connectivity index (χ0n) is 8.99. The summed E-state index contributed by atoms with van der Waals surface area (Å²) in [5, 5.41) is 0.629. The van der Waals surface area contributed by atoms with E-state index in [4.69, 9.17) is 10.5 Å². The lowest BCUT2D eigenvalue weighted by Crippen LogP contribution is -1.87. The Morgan fingerprint density at radius 1 is 1.31 bits per heavy atom. The van der Waals surface area contributed by atoms with E-state index in [1.54, 1.807) is 0 Å². The number of thiazole rings is 1. The van der Waals surface area contributed by atoms with Crippen LogP contribution in [0.25, 0.3) is 11.3 Å². The molecule has 1 aliphatic rings. The maximum atomic E-state index is 5.71. The van der Waals surface area contributed by atoms with Gasteiger partial charge in [0.05, 0.1) is 18.9 Å². The van der Waals surface area contributed by atoms with E-state index in [2.05, 4.69) is 23.2 Å². The molecule has 0 radical (unpaired) electrons. The van der Waals surface area contributed by atoms with Gasteiger partial charge in [-0.2, -0.15) is 0 Å². The molecule has 0 saturated heterocycles. The fourth-order valence-electron chi connectivity index (χ4n) is 2.00. The van der Waals surface area contributed by atoms with Crippen LogP contribution in [-0.2, 0) is 18.0 Å². The summed E-state index contributed by atoms with van der Waals surface area (Å²) in [5.74, 6) is 0. The molecule has 0 spiro atoms. The van der Waals surface area contributed by atoms with Crippen LogP contribution in [0.4, 0.5) is 5.13 Å². The molecule has 1 aliphatic heterocycles. The van der Waals surface area contributed by atoms with Gasteiger partial charge >= 0.3 is 0 Å². The van der Waals surface area contributed by atoms with E-state index in [1.807, 2.05) is 6.92 Å². The predicted octanol–water partition coefficient (Wildman–Crippen LogP) is 2.73. The highest BCUT2D eigenvalue weighted by molar-refractivity contribution is 7.15. The first-order chi connectivity index (χ1) is 7.74. The second-order valence-corrected chi connectivity index (χ2v) is 5.17. The third-order valence-corrected chi connectivity index (χ3v) is 3.61. The van der Waals surface area contributed by atoms with Crippen LogP contribution in [0.1, 0.15) is 16.0 Å². The van der Waals surface area contributed by atoms with Gasteiger partial charge in [-0.05, 0) is 24.1 Å². The molecule has 3 rings (SSSR count). The minimum absolute atomic E-state index is 0.629. The molecule has 2 heterocycles. The van der Waals surface area contributed by atoms with E-state index in [1.165, 1.54) is 22.5 Å². The minimum Gasteiger partial charge on any atom is -0.375 e. The van der Waals surface area contributed by atoms with Crippen molar-refractivity contribution in [2.45, 2.75) is 20.1 Å². The van der Waals surface area contributed by atoms with Gasteiger partial charge in [0.15, 0.2) is 5.13 Å². The van der Waals surface area contributed by atoms with Gasteiger partial charge in [0.1, 0.15) is 0 Å². The average molecular weight is 232 g/mol. The summed E-state index contributed by atoms with van der Waals surface area (Å²) in [6, 6.07) is 6.37. The Balaban J connectivity index is 2.10. The molecule has 2 aromatic rings. The molecule has 0 atom stereocenters. The number of nitrogen functional groups attached to an aromatic ring is 1. The van der Waals surface area contributed by atoms with Crippen molar-refractivity contribution < 1.29 is 4.74 Å². The predicted molar refractivity (Wildman–Crippen MR) is 65.2 cm³/mol. The first kappa shape index (κ1) is 9.81. The van der Waals surface area contributed by atoms with Crippen LogP contribution in [-0.4, -0.2) is 4.98 Å². The third kappa shape index (κ3) is 1.50. The van der Waals surface area contributed by atoms with Crippen molar-refractivity contribution in [3.63, 3.8) is 0 Å². The van der Waals surface area contributed by atoms with E-state index in [-0.39, 0.29) is 0 Å². The van der Waals surface area contributed by atoms with E-state index >= 15 is 0 Å². The molecular weight excluding hydrogens is 220 g/mol. The molecule has 82 valence electrons. The van der Waals surface area contributed by atoms with Gasteiger partial charge in [-0.1, -0.05) is 12.1 Å². The molecule has 0 bridgehead atoms. The Labute approximate surface area is 97.9 Å². The SMILES string of the molecule is Cc1sc(N)nc1-c1ccc2c(c1)COC2. The van der Waals surface area contributed by atoms with Crippen molar-refractivity contribution >= 4 is 16.5 Å². The van der Waals surface area contributed by atoms with Crippen molar-refractivity contribution in [1.82, 2.24) is 4.98 Å². The second-order valence-electron chi connectivity index (χ2n) is 3.93. The summed E-state index contributed by atoms with van der Waals surface area (Å²) in [6.45, 7) is 3.49. The molecule has 3 nitrogen and oxygen atoms in total. The monoisotopic (exact) mass is 232 g/mol. The summed E-state index contributed by atoms with van der Waals surface area (Å²) in [5.41, 5.74) is 10.4. The lowest BCUT2D eigenvalue weighted by molar-refractivity contribution is 0.134. The van der Waals surface area contributed by atoms with Crippen LogP contribution in [0, 0.1) is 6.92 Å². The molecule has 0 unspecified atom stereocenters. The number of fused-ring (bicyclic) bond motifs is 1. The van der Waals surface area contributed by atoms with Crippen molar-refractivity contribution in [2.24, 2.45) is 0 Å². The van der Waals surface area contributed by atoms with E-state index in [0.717, 1.165) is 22.7 Å². The third-order valence-electron chi connectivity index (χ3n) is 2.81. The first-order valence-electron chi connectivity index (χ1n) is 5.17. The van der Waals surface area contributed by atoms with Crippen LogP contribution in [0.15, 0.2) is 18.2 Å². The molecule has 1 aromatic carbocycles. The fourth-order valence-corrected chi connectivity index (χ4v) is 2.71. The van der Waals surface area contributed by atoms with Crippen molar-refractivity contribution in [1.29, 1.82) is 0 Å². The summed E-state index contributed by atoms with van der Waals surface area (Å²) >= 11 is 1.53. The molecule has 4 heteroatoms. The van der Waals surface area contributed by atoms with E-state index < -0.39 is 0 Å². The number of ether oxygens (including phenoxy) is 1. The van der Waals surface area contributed by atoms with Crippen LogP contribution < -0.4 is 5.73 Å². The van der Waals surface area contributed by atoms with Gasteiger partial charge in [0.2, 0.25) is 0 Å². The van der Waals surface area contributed by atoms with Crippen molar-refractivity contribution in [3.8, 4) is 11.3 Å². The highest BCUT2D eigenvalue weighted by atomic mass is 32.1. The fraction of sp³-hybridized carbons (Fsp3) is 0.250. The summed E-state index contributed by atoms with van der Waals surface area (Å²) in [4.78, 5) is 5.52. The topological polar surface area (TPSA) is 48.1 Å². The molecule has 0 amide bonds. The summed E-state index contributed by atoms with van der Waals surface area (Å²) in [7, 11) is 0. The largest absolute Gasteiger partial charge is 0.375 e. The molecule has 0 saturated carbocycles. The highest BCUT2D eigenvalue weighted by Gasteiger charge is 2.14. The Kier molecular flexibility index (Phi) is 2.19. The number of benzene rings is 1. The Hall–Kier alpha value is -1.39. The maximum Gasteiger partial charge on any atom is 0.180 e. The number of nitrogens with zero attached hydrogens (tertiary/aromatic N) is 1. The lowest BCUT2D eigenvalue weighted by atomic mass is 10.0. The highest BCUT2D eigenvalue weighted by Crippen LogP contribution is 2.31. The number of aryl methyl sites for hydroxylation is 1. The van der Waals surface area contributed by atoms with Crippen LogP contribution >= 0.6 is 11.3 Å². The smallest absolute Gasteiger partial charge is 0.180 e. The number of hydrogen-bond donors (Lipinski definition) is 1. The maximum absolute atomic E-state index is 5.71. The van der Waals surface area contributed by atoms with Crippen LogP contribution in [0.5, 0.6) is 0 Å². The average Bonchev–Trinajstić information content (AvgIpc) is 2.83. The summed E-state index contributed by atoms with van der Waals surface area (Å²) in [6.07, 6.45) is 0. The van der Waals surface area contributed by atoms with Gasteiger partial charge in [0.25, 0.3) is 0 Å². The number of rotatable bonds is 1. The van der Waals surface area contributed by atoms with Gasteiger partial charge < -0.3 is 10.5 Å². The van der Waals surface area contributed by atoms with Crippen molar-refractivity contribution in [2.75, 3.05) is 5.73 Å². The normalized spacial score (nSPS) is 14.1. The standard InChI is InChI=1S/C12H12N2OS/c1-7-11(14-12(13)16-7)8-2-3-9-5-15-6-10(9)4-8/h2-4H,5-6H2,1H3,(H2,13,14). The first-order valence-corrected chi connectivity index (χ1v) is 5.98. The molecule has 1 aromatic heterocycles. The van der Waals surface area contributed by atoms with E-state index in [9.17, 15) is 0 Å². The molecular formula is C12H12N2OS. The molecule has 2 N–H and O–H groups in total. The Morgan fingerprint density at radius 3 is 2.88 bits per heavy atom. The van der Waals surface area contributed by atoms with Gasteiger partial charge in [-0.15, -0.1) is 11.3 Å². The van der Waals surface area contributed by atoms with Crippen molar-refractivity contribution in [3.05, 3.63) is 34.2 Å². The number of nitrogens with two attached hydrogens (primary N) is 1.